The van der Waals surface area contributed by atoms with Gasteiger partial charge in [-0.25, -0.2) is 9.37 Å². The minimum Gasteiger partial charge on any atom is -0.311 e. The fraction of sp³-hybridized carbons (Fsp3) is 0. The molecule has 0 radical (unpaired) electrons. The highest BCUT2D eigenvalue weighted by Crippen LogP contribution is 2.23. The van der Waals surface area contributed by atoms with Crippen LogP contribution < -0.4 is 10.9 Å². The predicted molar refractivity (Wildman–Crippen MR) is 103 cm³/mol. The Morgan fingerprint density at radius 1 is 0.929 bits per heavy atom. The summed E-state index contributed by atoms with van der Waals surface area (Å²) in [6.45, 7) is 0. The summed E-state index contributed by atoms with van der Waals surface area (Å²) in [6, 6.07) is 14.1. The van der Waals surface area contributed by atoms with Gasteiger partial charge in [-0.3, -0.25) is 25.6 Å². The Morgan fingerprint density at radius 3 is 2.68 bits per heavy atom. The van der Waals surface area contributed by atoms with E-state index in [0.29, 0.717) is 33.3 Å². The second-order valence-corrected chi connectivity index (χ2v) is 6.17. The number of carbonyl (C=O) groups excluding carboxylic acids is 1. The molecule has 3 aromatic heterocycles. The first-order valence-electron chi connectivity index (χ1n) is 8.53. The average molecular weight is 372 g/mol. The fourth-order valence-corrected chi connectivity index (χ4v) is 3.10. The maximum absolute atomic E-state index is 13.8. The zero-order valence-corrected chi connectivity index (χ0v) is 14.4. The number of nitrogens with zero attached hydrogens (tertiary/aromatic N) is 4. The molecule has 136 valence electrons. The van der Waals surface area contributed by atoms with E-state index in [1.165, 1.54) is 18.5 Å². The SMILES string of the molecule is O=C(NNc1cccc2c1ncc1c(F)ccn12)c1cnc2ccccc2n1. The van der Waals surface area contributed by atoms with Crippen molar-refractivity contribution in [1.82, 2.24) is 24.8 Å². The molecule has 1 amide bonds. The average Bonchev–Trinajstić information content (AvgIpc) is 3.13. The van der Waals surface area contributed by atoms with E-state index in [0.717, 1.165) is 0 Å². The molecule has 0 bridgehead atoms. The Balaban J connectivity index is 1.44. The minimum atomic E-state index is -0.427. The van der Waals surface area contributed by atoms with Crippen LogP contribution in [-0.2, 0) is 0 Å². The molecule has 8 heteroatoms. The van der Waals surface area contributed by atoms with Crippen molar-refractivity contribution in [3.05, 3.63) is 78.6 Å². The molecule has 0 unspecified atom stereocenters. The van der Waals surface area contributed by atoms with Gasteiger partial charge in [-0.05, 0) is 30.3 Å². The van der Waals surface area contributed by atoms with E-state index in [2.05, 4.69) is 25.8 Å². The second kappa shape index (κ2) is 6.27. The summed E-state index contributed by atoms with van der Waals surface area (Å²) in [5, 5.41) is 0. The molecule has 0 aliphatic rings. The highest BCUT2D eigenvalue weighted by Gasteiger charge is 2.12. The van der Waals surface area contributed by atoms with Crippen LogP contribution in [0, 0.1) is 5.82 Å². The lowest BCUT2D eigenvalue weighted by Gasteiger charge is -2.11. The van der Waals surface area contributed by atoms with Crippen molar-refractivity contribution in [2.45, 2.75) is 0 Å². The summed E-state index contributed by atoms with van der Waals surface area (Å²) in [4.78, 5) is 25.4. The van der Waals surface area contributed by atoms with Crippen LogP contribution in [0.25, 0.3) is 27.6 Å². The summed E-state index contributed by atoms with van der Waals surface area (Å²) >= 11 is 0. The van der Waals surface area contributed by atoms with Crippen LogP contribution >= 0.6 is 0 Å². The number of rotatable bonds is 3. The van der Waals surface area contributed by atoms with Gasteiger partial charge in [-0.15, -0.1) is 0 Å². The first-order chi connectivity index (χ1) is 13.7. The minimum absolute atomic E-state index is 0.189. The number of hydrazine groups is 1. The summed E-state index contributed by atoms with van der Waals surface area (Å²) in [6.07, 6.45) is 4.52. The number of carbonyl (C=O) groups is 1. The van der Waals surface area contributed by atoms with Gasteiger partial charge in [0.05, 0.1) is 34.6 Å². The van der Waals surface area contributed by atoms with Crippen molar-refractivity contribution in [3.8, 4) is 0 Å². The quantitative estimate of drug-likeness (QED) is 0.475. The lowest BCUT2D eigenvalue weighted by atomic mass is 10.2. The van der Waals surface area contributed by atoms with Gasteiger partial charge in [0, 0.05) is 6.20 Å². The van der Waals surface area contributed by atoms with Crippen LogP contribution in [0.3, 0.4) is 0 Å². The number of nitrogens with one attached hydrogen (secondary N) is 2. The molecule has 2 aromatic carbocycles. The van der Waals surface area contributed by atoms with Crippen LogP contribution in [0.15, 0.2) is 67.1 Å². The Bertz CT molecular complexity index is 1360. The maximum atomic E-state index is 13.8. The van der Waals surface area contributed by atoms with E-state index >= 15 is 0 Å². The van der Waals surface area contributed by atoms with E-state index in [-0.39, 0.29) is 11.5 Å². The summed E-state index contributed by atoms with van der Waals surface area (Å²) in [5.74, 6) is -0.765. The molecule has 28 heavy (non-hydrogen) atoms. The number of para-hydroxylation sites is 3. The summed E-state index contributed by atoms with van der Waals surface area (Å²) < 4.78 is 15.5. The highest BCUT2D eigenvalue weighted by molar-refractivity contribution is 5.96. The number of aromatic nitrogens is 4. The molecule has 0 spiro atoms. The molecule has 2 N–H and O–H groups in total. The topological polar surface area (TPSA) is 84.2 Å². The molecule has 3 heterocycles. The van der Waals surface area contributed by atoms with Crippen LogP contribution in [0.2, 0.25) is 0 Å². The van der Waals surface area contributed by atoms with Crippen molar-refractivity contribution >= 4 is 39.2 Å². The van der Waals surface area contributed by atoms with Crippen LogP contribution in [0.5, 0.6) is 0 Å². The van der Waals surface area contributed by atoms with Crippen molar-refractivity contribution < 1.29 is 9.18 Å². The molecule has 0 saturated carbocycles. The Labute approximate surface area is 157 Å². The molecule has 0 fully saturated rings. The molecule has 5 aromatic rings. The van der Waals surface area contributed by atoms with E-state index < -0.39 is 5.91 Å². The molecule has 0 aliphatic heterocycles. The first-order valence-corrected chi connectivity index (χ1v) is 8.53. The lowest BCUT2D eigenvalue weighted by molar-refractivity contribution is 0.0958. The van der Waals surface area contributed by atoms with E-state index in [4.69, 9.17) is 0 Å². The van der Waals surface area contributed by atoms with Crippen molar-refractivity contribution in [2.24, 2.45) is 0 Å². The van der Waals surface area contributed by atoms with Gasteiger partial charge in [0.15, 0.2) is 0 Å². The molecule has 7 nitrogen and oxygen atoms in total. The second-order valence-electron chi connectivity index (χ2n) is 6.17. The normalized spacial score (nSPS) is 11.2. The van der Waals surface area contributed by atoms with Gasteiger partial charge >= 0.3 is 0 Å². The molecule has 0 aliphatic carbocycles. The fourth-order valence-electron chi connectivity index (χ4n) is 3.10. The number of amides is 1. The Kier molecular flexibility index (Phi) is 3.61. The molecule has 5 rings (SSSR count). The van der Waals surface area contributed by atoms with Crippen molar-refractivity contribution in [1.29, 1.82) is 0 Å². The predicted octanol–water partition coefficient (Wildman–Crippen LogP) is 3.33. The van der Waals surface area contributed by atoms with Gasteiger partial charge in [-0.1, -0.05) is 18.2 Å². The molecular formula is C20H13FN6O. The van der Waals surface area contributed by atoms with Crippen LogP contribution in [0.4, 0.5) is 10.1 Å². The number of fused-ring (bicyclic) bond motifs is 4. The summed E-state index contributed by atoms with van der Waals surface area (Å²) in [5.41, 5.74) is 9.30. The van der Waals surface area contributed by atoms with Crippen molar-refractivity contribution in [2.75, 3.05) is 5.43 Å². The molecule has 0 saturated heterocycles. The highest BCUT2D eigenvalue weighted by atomic mass is 19.1. The largest absolute Gasteiger partial charge is 0.311 e. The molecular weight excluding hydrogens is 359 g/mol. The first kappa shape index (κ1) is 16.1. The Morgan fingerprint density at radius 2 is 1.79 bits per heavy atom. The smallest absolute Gasteiger partial charge is 0.289 e. The third-order valence-electron chi connectivity index (χ3n) is 4.46. The van der Waals surface area contributed by atoms with Gasteiger partial charge in [0.25, 0.3) is 5.91 Å². The zero-order chi connectivity index (χ0) is 19.1. The molecule has 0 atom stereocenters. The Hall–Kier alpha value is -4.07. The standard InChI is InChI=1S/C20H13FN6O/c21-12-8-9-27-17-7-3-6-15(19(17)23-11-18(12)27)25-26-20(28)16-10-22-13-4-1-2-5-14(13)24-16/h1-11,25H,(H,26,28). The number of anilines is 1. The van der Waals surface area contributed by atoms with E-state index in [9.17, 15) is 9.18 Å². The zero-order valence-electron chi connectivity index (χ0n) is 14.4. The number of hydrogen-bond acceptors (Lipinski definition) is 5. The van der Waals surface area contributed by atoms with Crippen LogP contribution in [0.1, 0.15) is 10.5 Å². The number of benzene rings is 2. The summed E-state index contributed by atoms with van der Waals surface area (Å²) in [7, 11) is 0. The lowest BCUT2D eigenvalue weighted by Crippen LogP contribution is -2.30. The van der Waals surface area contributed by atoms with Gasteiger partial charge < -0.3 is 4.40 Å². The van der Waals surface area contributed by atoms with Crippen LogP contribution in [-0.4, -0.2) is 25.3 Å². The van der Waals surface area contributed by atoms with Crippen molar-refractivity contribution in [3.63, 3.8) is 0 Å². The third-order valence-corrected chi connectivity index (χ3v) is 4.46. The van der Waals surface area contributed by atoms with Gasteiger partial charge in [0.1, 0.15) is 22.5 Å². The third kappa shape index (κ3) is 2.59. The van der Waals surface area contributed by atoms with Gasteiger partial charge in [0.2, 0.25) is 0 Å². The van der Waals surface area contributed by atoms with Gasteiger partial charge in [-0.2, -0.15) is 0 Å². The monoisotopic (exact) mass is 372 g/mol. The van der Waals surface area contributed by atoms with E-state index in [1.807, 2.05) is 24.3 Å². The number of hydrogen-bond donors (Lipinski definition) is 2. The maximum Gasteiger partial charge on any atom is 0.289 e. The van der Waals surface area contributed by atoms with E-state index in [1.54, 1.807) is 28.8 Å². The number of halogens is 1.